The fourth-order valence-corrected chi connectivity index (χ4v) is 14.2. The molecule has 0 unspecified atom stereocenters. The van der Waals surface area contributed by atoms with Gasteiger partial charge in [-0.2, -0.15) is 0 Å². The molecule has 5 aliphatic rings. The standard InChI is InChI=1S/C46H80O4/c1-10-11-12-13-14-15-16-17-18-19-20-21-22-23-40(49)50-39-27-28-43(6)36(42(39,4)5)26-29-45(8)37(43)25-24-34-41-33(3)32(2)35(47)30-44(41,7)38(48)31-46(34,45)9/h33-39,41,47-48H,2,10-31H2,1,3-9H3/t33-,34-,35-,36+,37-,38+,39+,41-,43+,44-,45-,46-/m1/s1. The van der Waals surface area contributed by atoms with Crippen LogP contribution < -0.4 is 0 Å². The Morgan fingerprint density at radius 3 is 1.90 bits per heavy atom. The van der Waals surface area contributed by atoms with E-state index in [0.717, 1.165) is 37.7 Å². The average molecular weight is 697 g/mol. The minimum Gasteiger partial charge on any atom is -0.462 e. The van der Waals surface area contributed by atoms with Gasteiger partial charge in [0, 0.05) is 11.8 Å². The van der Waals surface area contributed by atoms with Gasteiger partial charge in [-0.25, -0.2) is 0 Å². The molecule has 0 amide bonds. The number of rotatable bonds is 15. The lowest BCUT2D eigenvalue weighted by atomic mass is 9.31. The van der Waals surface area contributed by atoms with Crippen LogP contribution in [0.25, 0.3) is 0 Å². The smallest absolute Gasteiger partial charge is 0.306 e. The highest BCUT2D eigenvalue weighted by Crippen LogP contribution is 2.77. The zero-order valence-electron chi connectivity index (χ0n) is 34.1. The van der Waals surface area contributed by atoms with E-state index in [1.54, 1.807) is 0 Å². The third kappa shape index (κ3) is 7.19. The Balaban J connectivity index is 1.14. The number of aliphatic hydroxyl groups excluding tert-OH is 2. The van der Waals surface area contributed by atoms with Gasteiger partial charge in [0.25, 0.3) is 0 Å². The van der Waals surface area contributed by atoms with Crippen LogP contribution in [0.3, 0.4) is 0 Å². The number of hydrogen-bond acceptors (Lipinski definition) is 4. The van der Waals surface area contributed by atoms with E-state index < -0.39 is 12.2 Å². The van der Waals surface area contributed by atoms with Crippen molar-refractivity contribution in [2.45, 2.75) is 215 Å². The minimum absolute atomic E-state index is 0.00377. The summed E-state index contributed by atoms with van der Waals surface area (Å²) in [5.41, 5.74) is 1.07. The van der Waals surface area contributed by atoms with E-state index in [1.807, 2.05) is 0 Å². The molecule has 0 bridgehead atoms. The van der Waals surface area contributed by atoms with Crippen molar-refractivity contribution in [1.29, 1.82) is 0 Å². The molecule has 2 N–H and O–H groups in total. The molecule has 4 heteroatoms. The van der Waals surface area contributed by atoms with Crippen molar-refractivity contribution in [2.75, 3.05) is 0 Å². The quantitative estimate of drug-likeness (QED) is 0.102. The first-order valence-electron chi connectivity index (χ1n) is 21.8. The van der Waals surface area contributed by atoms with E-state index in [4.69, 9.17) is 4.74 Å². The van der Waals surface area contributed by atoms with Gasteiger partial charge in [0.1, 0.15) is 6.10 Å². The van der Waals surface area contributed by atoms with Gasteiger partial charge in [-0.05, 0) is 115 Å². The first-order valence-corrected chi connectivity index (χ1v) is 21.8. The van der Waals surface area contributed by atoms with E-state index in [0.29, 0.717) is 36.5 Å². The maximum absolute atomic E-state index is 13.2. The van der Waals surface area contributed by atoms with Crippen molar-refractivity contribution in [3.63, 3.8) is 0 Å². The van der Waals surface area contributed by atoms with Gasteiger partial charge in [-0.3, -0.25) is 4.79 Å². The molecule has 0 heterocycles. The third-order valence-corrected chi connectivity index (χ3v) is 17.4. The van der Waals surface area contributed by atoms with Crippen molar-refractivity contribution in [2.24, 2.45) is 56.7 Å². The summed E-state index contributed by atoms with van der Waals surface area (Å²) in [7, 11) is 0. The molecule has 0 aliphatic heterocycles. The van der Waals surface area contributed by atoms with Crippen LogP contribution in [0, 0.1) is 56.7 Å². The summed E-state index contributed by atoms with van der Waals surface area (Å²) in [5.74, 6) is 2.26. The highest BCUT2D eigenvalue weighted by molar-refractivity contribution is 5.69. The Labute approximate surface area is 308 Å². The molecule has 5 saturated carbocycles. The lowest BCUT2D eigenvalue weighted by Gasteiger charge is -2.74. The van der Waals surface area contributed by atoms with Crippen LogP contribution in [0.4, 0.5) is 0 Å². The van der Waals surface area contributed by atoms with E-state index in [-0.39, 0.29) is 45.1 Å². The zero-order valence-corrected chi connectivity index (χ0v) is 34.1. The van der Waals surface area contributed by atoms with Crippen molar-refractivity contribution in [3.05, 3.63) is 12.2 Å². The summed E-state index contributed by atoms with van der Waals surface area (Å²) in [4.78, 5) is 13.2. The van der Waals surface area contributed by atoms with E-state index in [9.17, 15) is 15.0 Å². The SMILES string of the molecule is C=C1[C@H](O)C[C@@]2(C)[C@H]([C@@H]1C)[C@H]1CC[C@@H]3[C@@]4(C)CC[C@H](OC(=O)CCCCCCCCCCCCCCC)C(C)(C)[C@@H]4CC[C@@]3(C)[C@]1(C)C[C@@H]2O. The van der Waals surface area contributed by atoms with Crippen LogP contribution in [0.5, 0.6) is 0 Å². The lowest BCUT2D eigenvalue weighted by molar-refractivity contribution is -0.273. The van der Waals surface area contributed by atoms with Gasteiger partial charge in [0.2, 0.25) is 0 Å². The fourth-order valence-electron chi connectivity index (χ4n) is 14.2. The molecule has 5 fully saturated rings. The second-order valence-electron chi connectivity index (χ2n) is 20.3. The molecular weight excluding hydrogens is 617 g/mol. The Bertz CT molecular complexity index is 1160. The molecule has 0 aromatic heterocycles. The summed E-state index contributed by atoms with van der Waals surface area (Å²) in [6, 6.07) is 0. The van der Waals surface area contributed by atoms with Crippen molar-refractivity contribution < 1.29 is 19.7 Å². The number of aliphatic hydroxyl groups is 2. The Morgan fingerprint density at radius 2 is 1.30 bits per heavy atom. The number of carbonyl (C=O) groups is 1. The molecular formula is C46H80O4. The minimum atomic E-state index is -0.507. The van der Waals surface area contributed by atoms with Gasteiger partial charge in [0.15, 0.2) is 0 Å². The molecule has 0 radical (unpaired) electrons. The predicted octanol–water partition coefficient (Wildman–Crippen LogP) is 12.0. The van der Waals surface area contributed by atoms with Crippen LogP contribution in [0.15, 0.2) is 12.2 Å². The van der Waals surface area contributed by atoms with Gasteiger partial charge in [-0.1, -0.05) is 139 Å². The molecule has 0 saturated heterocycles. The molecule has 50 heavy (non-hydrogen) atoms. The Morgan fingerprint density at radius 1 is 0.720 bits per heavy atom. The van der Waals surface area contributed by atoms with Crippen LogP contribution in [-0.2, 0) is 9.53 Å². The molecule has 0 aromatic carbocycles. The van der Waals surface area contributed by atoms with E-state index in [2.05, 4.69) is 62.0 Å². The molecule has 4 nitrogen and oxygen atoms in total. The molecule has 5 rings (SSSR count). The number of carbonyl (C=O) groups excluding carboxylic acids is 1. The Kier molecular flexibility index (Phi) is 12.8. The van der Waals surface area contributed by atoms with E-state index in [1.165, 1.54) is 96.3 Å². The Hall–Kier alpha value is -0.870. The maximum Gasteiger partial charge on any atom is 0.306 e. The summed E-state index contributed by atoms with van der Waals surface area (Å²) in [6.45, 7) is 23.8. The first kappa shape index (κ1) is 40.3. The van der Waals surface area contributed by atoms with Crippen molar-refractivity contribution in [1.82, 2.24) is 0 Å². The van der Waals surface area contributed by atoms with Gasteiger partial charge in [0.05, 0.1) is 12.2 Å². The van der Waals surface area contributed by atoms with Crippen LogP contribution >= 0.6 is 0 Å². The molecule has 0 aromatic rings. The summed E-state index contributed by atoms with van der Waals surface area (Å²) in [6.07, 6.45) is 25.2. The maximum atomic E-state index is 13.2. The first-order chi connectivity index (χ1) is 23.6. The zero-order chi connectivity index (χ0) is 36.5. The highest BCUT2D eigenvalue weighted by atomic mass is 16.5. The normalized spacial score (nSPS) is 43.7. The summed E-state index contributed by atoms with van der Waals surface area (Å²) >= 11 is 0. The number of esters is 1. The van der Waals surface area contributed by atoms with Gasteiger partial charge in [-0.15, -0.1) is 0 Å². The van der Waals surface area contributed by atoms with Crippen LogP contribution in [0.2, 0.25) is 0 Å². The molecule has 12 atom stereocenters. The van der Waals surface area contributed by atoms with Crippen LogP contribution in [-0.4, -0.2) is 34.5 Å². The molecule has 288 valence electrons. The topological polar surface area (TPSA) is 66.8 Å². The van der Waals surface area contributed by atoms with E-state index >= 15 is 0 Å². The summed E-state index contributed by atoms with van der Waals surface area (Å²) in [5, 5.41) is 22.9. The third-order valence-electron chi connectivity index (χ3n) is 17.4. The monoisotopic (exact) mass is 697 g/mol. The molecule has 5 aliphatic carbocycles. The number of unbranched alkanes of at least 4 members (excludes halogenated alkanes) is 12. The highest BCUT2D eigenvalue weighted by Gasteiger charge is 2.71. The lowest BCUT2D eigenvalue weighted by Crippen LogP contribution is -2.69. The number of fused-ring (bicyclic) bond motifs is 7. The second kappa shape index (κ2) is 15.8. The fraction of sp³-hybridized carbons (Fsp3) is 0.935. The second-order valence-corrected chi connectivity index (χ2v) is 20.3. The van der Waals surface area contributed by atoms with Crippen LogP contribution in [0.1, 0.15) is 197 Å². The van der Waals surface area contributed by atoms with Gasteiger partial charge < -0.3 is 14.9 Å². The molecule has 0 spiro atoms. The van der Waals surface area contributed by atoms with Gasteiger partial charge >= 0.3 is 5.97 Å². The van der Waals surface area contributed by atoms with Crippen molar-refractivity contribution >= 4 is 5.97 Å². The average Bonchev–Trinajstić information content (AvgIpc) is 3.04. The number of hydrogen-bond donors (Lipinski definition) is 2. The largest absolute Gasteiger partial charge is 0.462 e. The predicted molar refractivity (Wildman–Crippen MR) is 208 cm³/mol. The summed E-state index contributed by atoms with van der Waals surface area (Å²) < 4.78 is 6.39. The van der Waals surface area contributed by atoms with Crippen molar-refractivity contribution in [3.8, 4) is 0 Å². The number of ether oxygens (including phenoxy) is 1.